The van der Waals surface area contributed by atoms with Crippen LogP contribution in [0.25, 0.3) is 0 Å². The largest absolute Gasteiger partial charge is 0.496 e. The molecular formula is C16H22BrN3O. The molecule has 0 radical (unpaired) electrons. The highest BCUT2D eigenvalue weighted by Gasteiger charge is 2.17. The Balaban J connectivity index is 2.28. The number of aromatic nitrogens is 2. The van der Waals surface area contributed by atoms with Crippen molar-refractivity contribution in [1.82, 2.24) is 9.78 Å². The zero-order valence-corrected chi connectivity index (χ0v) is 14.6. The zero-order valence-electron chi connectivity index (χ0n) is 13.0. The van der Waals surface area contributed by atoms with E-state index < -0.39 is 0 Å². The molecule has 0 amide bonds. The van der Waals surface area contributed by atoms with Crippen LogP contribution in [0.4, 0.5) is 0 Å². The van der Waals surface area contributed by atoms with E-state index in [0.29, 0.717) is 0 Å². The number of nitrogens with zero attached hydrogens (tertiary/aromatic N) is 2. The normalized spacial score (nSPS) is 12.5. The van der Waals surface area contributed by atoms with Gasteiger partial charge in [0.15, 0.2) is 0 Å². The zero-order chi connectivity index (χ0) is 15.6. The van der Waals surface area contributed by atoms with Gasteiger partial charge in [-0.1, -0.05) is 12.1 Å². The van der Waals surface area contributed by atoms with Crippen LogP contribution in [0, 0.1) is 13.8 Å². The highest BCUT2D eigenvalue weighted by molar-refractivity contribution is 9.10. The summed E-state index contributed by atoms with van der Waals surface area (Å²) in [5.74, 6) is 0.877. The maximum Gasteiger partial charge on any atom is 0.122 e. The molecule has 1 heterocycles. The number of ether oxygens (including phenoxy) is 1. The number of aryl methyl sites for hydroxylation is 3. The lowest BCUT2D eigenvalue weighted by Gasteiger charge is -2.15. The summed E-state index contributed by atoms with van der Waals surface area (Å²) in [6.07, 6.45) is 0.738. The third kappa shape index (κ3) is 3.30. The summed E-state index contributed by atoms with van der Waals surface area (Å²) in [5, 5.41) is 4.51. The molecule has 1 unspecified atom stereocenters. The lowest BCUT2D eigenvalue weighted by Crippen LogP contribution is -2.16. The Kier molecular flexibility index (Phi) is 5.06. The quantitative estimate of drug-likeness (QED) is 0.896. The van der Waals surface area contributed by atoms with Gasteiger partial charge in [-0.25, -0.2) is 0 Å². The molecule has 114 valence electrons. The molecule has 5 heteroatoms. The number of hydrogen-bond donors (Lipinski definition) is 1. The molecule has 0 aliphatic carbocycles. The average Bonchev–Trinajstić information content (AvgIpc) is 2.75. The Hall–Kier alpha value is -1.33. The van der Waals surface area contributed by atoms with Gasteiger partial charge in [-0.05, 0) is 53.9 Å². The van der Waals surface area contributed by atoms with E-state index in [1.165, 1.54) is 0 Å². The molecule has 1 aromatic carbocycles. The van der Waals surface area contributed by atoms with E-state index in [9.17, 15) is 0 Å². The van der Waals surface area contributed by atoms with Crippen LogP contribution in [0.1, 0.15) is 35.5 Å². The molecule has 4 nitrogen and oxygen atoms in total. The fourth-order valence-electron chi connectivity index (χ4n) is 2.46. The van der Waals surface area contributed by atoms with Crippen LogP contribution in [0.3, 0.4) is 0 Å². The molecule has 0 bridgehead atoms. The van der Waals surface area contributed by atoms with Crippen LogP contribution in [0.5, 0.6) is 5.75 Å². The molecular weight excluding hydrogens is 330 g/mol. The minimum absolute atomic E-state index is 0.0859. The predicted molar refractivity (Wildman–Crippen MR) is 88.7 cm³/mol. The van der Waals surface area contributed by atoms with Gasteiger partial charge in [0.1, 0.15) is 5.75 Å². The van der Waals surface area contributed by atoms with Crippen molar-refractivity contribution >= 4 is 15.9 Å². The van der Waals surface area contributed by atoms with E-state index in [4.69, 9.17) is 10.5 Å². The van der Waals surface area contributed by atoms with E-state index in [1.807, 2.05) is 30.7 Å². The van der Waals surface area contributed by atoms with Crippen molar-refractivity contribution in [2.24, 2.45) is 5.73 Å². The molecule has 0 aliphatic heterocycles. The first kappa shape index (κ1) is 16.0. The number of rotatable bonds is 5. The summed E-state index contributed by atoms with van der Waals surface area (Å²) in [5.41, 5.74) is 10.7. The Labute approximate surface area is 134 Å². The molecule has 0 saturated heterocycles. The molecule has 0 fully saturated rings. The Morgan fingerprint density at radius 3 is 2.71 bits per heavy atom. The fraction of sp³-hybridized carbons (Fsp3) is 0.438. The van der Waals surface area contributed by atoms with Gasteiger partial charge in [-0.3, -0.25) is 4.68 Å². The summed E-state index contributed by atoms with van der Waals surface area (Å²) in [6.45, 7) is 6.95. The van der Waals surface area contributed by atoms with Crippen LogP contribution in [-0.4, -0.2) is 16.9 Å². The van der Waals surface area contributed by atoms with Crippen LogP contribution < -0.4 is 10.5 Å². The fourth-order valence-corrected chi connectivity index (χ4v) is 2.90. The third-order valence-electron chi connectivity index (χ3n) is 3.73. The molecule has 0 aliphatic rings. The Morgan fingerprint density at radius 2 is 2.10 bits per heavy atom. The minimum atomic E-state index is -0.0859. The van der Waals surface area contributed by atoms with Crippen molar-refractivity contribution in [2.45, 2.75) is 39.8 Å². The van der Waals surface area contributed by atoms with Crippen molar-refractivity contribution in [1.29, 1.82) is 0 Å². The van der Waals surface area contributed by atoms with Crippen molar-refractivity contribution in [3.63, 3.8) is 0 Å². The predicted octanol–water partition coefficient (Wildman–Crippen LogP) is 3.53. The summed E-state index contributed by atoms with van der Waals surface area (Å²) in [6, 6.07) is 6.05. The lowest BCUT2D eigenvalue weighted by atomic mass is 10.0. The molecule has 0 saturated carbocycles. The molecule has 2 N–H and O–H groups in total. The van der Waals surface area contributed by atoms with Gasteiger partial charge in [0, 0.05) is 19.0 Å². The maximum absolute atomic E-state index is 6.38. The highest BCUT2D eigenvalue weighted by atomic mass is 79.9. The second-order valence-corrected chi connectivity index (χ2v) is 5.99. The van der Waals surface area contributed by atoms with E-state index in [0.717, 1.165) is 45.7 Å². The van der Waals surface area contributed by atoms with Gasteiger partial charge in [0.2, 0.25) is 0 Å². The first-order valence-corrected chi connectivity index (χ1v) is 7.89. The van der Waals surface area contributed by atoms with E-state index >= 15 is 0 Å². The van der Waals surface area contributed by atoms with E-state index in [-0.39, 0.29) is 6.04 Å². The van der Waals surface area contributed by atoms with E-state index in [1.54, 1.807) is 7.11 Å². The van der Waals surface area contributed by atoms with Crippen molar-refractivity contribution < 1.29 is 4.74 Å². The van der Waals surface area contributed by atoms with Gasteiger partial charge >= 0.3 is 0 Å². The standard InChI is InChI=1S/C16H22BrN3O/c1-5-20-14(16(17)11(3)19-20)9-13(18)12-7-6-10(2)15(8-12)21-4/h6-8,13H,5,9,18H2,1-4H3. The first-order chi connectivity index (χ1) is 9.97. The molecule has 0 spiro atoms. The van der Waals surface area contributed by atoms with Crippen molar-refractivity contribution in [2.75, 3.05) is 7.11 Å². The number of methoxy groups -OCH3 is 1. The number of hydrogen-bond acceptors (Lipinski definition) is 3. The molecule has 1 atom stereocenters. The average molecular weight is 352 g/mol. The minimum Gasteiger partial charge on any atom is -0.496 e. The number of nitrogens with two attached hydrogens (primary N) is 1. The summed E-state index contributed by atoms with van der Waals surface area (Å²) in [4.78, 5) is 0. The topological polar surface area (TPSA) is 53.1 Å². The van der Waals surface area contributed by atoms with Crippen molar-refractivity contribution in [3.05, 3.63) is 45.2 Å². The summed E-state index contributed by atoms with van der Waals surface area (Å²) in [7, 11) is 1.68. The number of halogens is 1. The van der Waals surface area contributed by atoms with Gasteiger partial charge in [-0.2, -0.15) is 5.10 Å². The maximum atomic E-state index is 6.38. The van der Waals surface area contributed by atoms with Crippen molar-refractivity contribution in [3.8, 4) is 5.75 Å². The van der Waals surface area contributed by atoms with Gasteiger partial charge in [0.05, 0.1) is 23.0 Å². The van der Waals surface area contributed by atoms with Crippen LogP contribution in [0.15, 0.2) is 22.7 Å². The molecule has 21 heavy (non-hydrogen) atoms. The van der Waals surface area contributed by atoms with Crippen LogP contribution in [-0.2, 0) is 13.0 Å². The monoisotopic (exact) mass is 351 g/mol. The first-order valence-electron chi connectivity index (χ1n) is 7.09. The SMILES string of the molecule is CCn1nc(C)c(Br)c1CC(N)c1ccc(C)c(OC)c1. The summed E-state index contributed by atoms with van der Waals surface area (Å²) >= 11 is 3.62. The van der Waals surface area contributed by atoms with Gasteiger partial charge in [0.25, 0.3) is 0 Å². The molecule has 1 aromatic heterocycles. The Bertz CT molecular complexity index is 637. The smallest absolute Gasteiger partial charge is 0.122 e. The second kappa shape index (κ2) is 6.62. The second-order valence-electron chi connectivity index (χ2n) is 5.20. The molecule has 2 rings (SSSR count). The Morgan fingerprint density at radius 1 is 1.38 bits per heavy atom. The molecule has 2 aromatic rings. The van der Waals surface area contributed by atoms with Crippen LogP contribution >= 0.6 is 15.9 Å². The lowest BCUT2D eigenvalue weighted by molar-refractivity contribution is 0.410. The number of benzene rings is 1. The van der Waals surface area contributed by atoms with Crippen LogP contribution in [0.2, 0.25) is 0 Å². The van der Waals surface area contributed by atoms with E-state index in [2.05, 4.69) is 34.0 Å². The third-order valence-corrected chi connectivity index (χ3v) is 4.76. The van der Waals surface area contributed by atoms with Gasteiger partial charge in [-0.15, -0.1) is 0 Å². The highest BCUT2D eigenvalue weighted by Crippen LogP contribution is 2.28. The summed E-state index contributed by atoms with van der Waals surface area (Å²) < 4.78 is 8.44. The van der Waals surface area contributed by atoms with Gasteiger partial charge < -0.3 is 10.5 Å².